The number of carbonyl (C=O) groups is 2. The van der Waals surface area contributed by atoms with Crippen molar-refractivity contribution in [2.45, 2.75) is 19.4 Å². The minimum Gasteiger partial charge on any atom is -0.493 e. The number of halogens is 1. The number of rotatable bonds is 8. The van der Waals surface area contributed by atoms with Crippen LogP contribution in [0, 0.1) is 0 Å². The SMILES string of the molecule is COc1ccccc1Oc1ccc(NC(=O)CC(NC(C)=O)c2ccc(Br)cc2)cc1. The summed E-state index contributed by atoms with van der Waals surface area (Å²) in [5.74, 6) is 1.46. The quantitative estimate of drug-likeness (QED) is 0.447. The van der Waals surface area contributed by atoms with Crippen molar-refractivity contribution in [2.75, 3.05) is 12.4 Å². The molecule has 3 aromatic carbocycles. The van der Waals surface area contributed by atoms with Crippen LogP contribution in [-0.4, -0.2) is 18.9 Å². The second-order valence-corrected chi connectivity index (χ2v) is 7.75. The summed E-state index contributed by atoms with van der Waals surface area (Å²) in [6.45, 7) is 1.43. The predicted octanol–water partition coefficient (Wildman–Crippen LogP) is 5.46. The number of amides is 2. The zero-order chi connectivity index (χ0) is 22.2. The molecule has 31 heavy (non-hydrogen) atoms. The molecule has 0 saturated heterocycles. The lowest BCUT2D eigenvalue weighted by molar-refractivity contribution is -0.120. The molecule has 7 heteroatoms. The Bertz CT molecular complexity index is 1040. The lowest BCUT2D eigenvalue weighted by Crippen LogP contribution is -2.29. The Labute approximate surface area is 189 Å². The van der Waals surface area contributed by atoms with Crippen molar-refractivity contribution in [3.05, 3.63) is 82.8 Å². The summed E-state index contributed by atoms with van der Waals surface area (Å²) in [6.07, 6.45) is 0.112. The maximum atomic E-state index is 12.6. The van der Waals surface area contributed by atoms with Gasteiger partial charge < -0.3 is 20.1 Å². The highest BCUT2D eigenvalue weighted by atomic mass is 79.9. The molecule has 6 nitrogen and oxygen atoms in total. The number of benzene rings is 3. The fourth-order valence-corrected chi connectivity index (χ4v) is 3.29. The van der Waals surface area contributed by atoms with Crippen LogP contribution in [0.25, 0.3) is 0 Å². The zero-order valence-electron chi connectivity index (χ0n) is 17.2. The molecule has 0 spiro atoms. The van der Waals surface area contributed by atoms with E-state index in [0.29, 0.717) is 22.9 Å². The number of anilines is 1. The summed E-state index contributed by atoms with van der Waals surface area (Å²) in [5.41, 5.74) is 1.49. The van der Waals surface area contributed by atoms with Crippen LogP contribution in [0.2, 0.25) is 0 Å². The molecular weight excluding hydrogens is 460 g/mol. The Kier molecular flexibility index (Phi) is 7.67. The Morgan fingerprint density at radius 2 is 1.58 bits per heavy atom. The number of hydrogen-bond acceptors (Lipinski definition) is 4. The maximum absolute atomic E-state index is 12.6. The first-order valence-electron chi connectivity index (χ1n) is 9.68. The van der Waals surface area contributed by atoms with E-state index < -0.39 is 6.04 Å². The average Bonchev–Trinajstić information content (AvgIpc) is 2.75. The van der Waals surface area contributed by atoms with Crippen LogP contribution in [0.5, 0.6) is 17.2 Å². The van der Waals surface area contributed by atoms with Crippen LogP contribution in [0.1, 0.15) is 24.9 Å². The molecular formula is C24H23BrN2O4. The first-order valence-corrected chi connectivity index (χ1v) is 10.5. The lowest BCUT2D eigenvalue weighted by atomic mass is 10.0. The number of para-hydroxylation sites is 2. The van der Waals surface area contributed by atoms with E-state index in [9.17, 15) is 9.59 Å². The molecule has 0 aromatic heterocycles. The molecule has 0 aliphatic heterocycles. The van der Waals surface area contributed by atoms with Gasteiger partial charge in [-0.1, -0.05) is 40.2 Å². The lowest BCUT2D eigenvalue weighted by Gasteiger charge is -2.18. The van der Waals surface area contributed by atoms with Gasteiger partial charge in [0.2, 0.25) is 11.8 Å². The molecule has 0 aliphatic carbocycles. The number of methoxy groups -OCH3 is 1. The Morgan fingerprint density at radius 1 is 0.935 bits per heavy atom. The summed E-state index contributed by atoms with van der Waals surface area (Å²) in [6, 6.07) is 21.5. The van der Waals surface area contributed by atoms with Gasteiger partial charge in [-0.05, 0) is 54.1 Å². The van der Waals surface area contributed by atoms with Crippen molar-refractivity contribution < 1.29 is 19.1 Å². The Hall–Kier alpha value is -3.32. The molecule has 2 N–H and O–H groups in total. The molecule has 2 amide bonds. The number of ether oxygens (including phenoxy) is 2. The van der Waals surface area contributed by atoms with Crippen LogP contribution in [0.15, 0.2) is 77.3 Å². The molecule has 0 fully saturated rings. The van der Waals surface area contributed by atoms with Crippen LogP contribution >= 0.6 is 15.9 Å². The first-order chi connectivity index (χ1) is 14.9. The normalized spacial score (nSPS) is 11.3. The fraction of sp³-hybridized carbons (Fsp3) is 0.167. The minimum absolute atomic E-state index is 0.112. The molecule has 0 bridgehead atoms. The van der Waals surface area contributed by atoms with E-state index in [1.54, 1.807) is 31.4 Å². The van der Waals surface area contributed by atoms with Crippen LogP contribution < -0.4 is 20.1 Å². The molecule has 3 aromatic rings. The third-order valence-corrected chi connectivity index (χ3v) is 5.00. The summed E-state index contributed by atoms with van der Waals surface area (Å²) >= 11 is 3.39. The van der Waals surface area contributed by atoms with Gasteiger partial charge in [0.15, 0.2) is 11.5 Å². The smallest absolute Gasteiger partial charge is 0.226 e. The van der Waals surface area contributed by atoms with Gasteiger partial charge >= 0.3 is 0 Å². The molecule has 0 saturated carbocycles. The van der Waals surface area contributed by atoms with Crippen molar-refractivity contribution in [3.63, 3.8) is 0 Å². The third-order valence-electron chi connectivity index (χ3n) is 4.47. The second-order valence-electron chi connectivity index (χ2n) is 6.83. The van der Waals surface area contributed by atoms with E-state index in [4.69, 9.17) is 9.47 Å². The molecule has 0 heterocycles. The molecule has 1 atom stereocenters. The molecule has 0 radical (unpaired) electrons. The van der Waals surface area contributed by atoms with E-state index >= 15 is 0 Å². The van der Waals surface area contributed by atoms with Gasteiger partial charge in [0, 0.05) is 17.1 Å². The van der Waals surface area contributed by atoms with Gasteiger partial charge in [-0.3, -0.25) is 9.59 Å². The van der Waals surface area contributed by atoms with Crippen molar-refractivity contribution in [2.24, 2.45) is 0 Å². The Morgan fingerprint density at radius 3 is 2.19 bits per heavy atom. The maximum Gasteiger partial charge on any atom is 0.226 e. The summed E-state index contributed by atoms with van der Waals surface area (Å²) in [4.78, 5) is 24.2. The highest BCUT2D eigenvalue weighted by Crippen LogP contribution is 2.31. The largest absolute Gasteiger partial charge is 0.493 e. The van der Waals surface area contributed by atoms with Crippen molar-refractivity contribution in [1.82, 2.24) is 5.32 Å². The second kappa shape index (κ2) is 10.6. The van der Waals surface area contributed by atoms with Gasteiger partial charge in [-0.25, -0.2) is 0 Å². The summed E-state index contributed by atoms with van der Waals surface area (Å²) in [7, 11) is 1.59. The predicted molar refractivity (Wildman–Crippen MR) is 123 cm³/mol. The monoisotopic (exact) mass is 482 g/mol. The van der Waals surface area contributed by atoms with Crippen molar-refractivity contribution in [3.8, 4) is 17.2 Å². The van der Waals surface area contributed by atoms with E-state index in [-0.39, 0.29) is 18.2 Å². The molecule has 0 aliphatic rings. The number of carbonyl (C=O) groups excluding carboxylic acids is 2. The highest BCUT2D eigenvalue weighted by molar-refractivity contribution is 9.10. The van der Waals surface area contributed by atoms with Gasteiger partial charge in [-0.15, -0.1) is 0 Å². The van der Waals surface area contributed by atoms with E-state index in [0.717, 1.165) is 10.0 Å². The van der Waals surface area contributed by atoms with Gasteiger partial charge in [0.05, 0.1) is 19.6 Å². The van der Waals surface area contributed by atoms with E-state index in [1.165, 1.54) is 6.92 Å². The average molecular weight is 483 g/mol. The number of nitrogens with one attached hydrogen (secondary N) is 2. The highest BCUT2D eigenvalue weighted by Gasteiger charge is 2.17. The zero-order valence-corrected chi connectivity index (χ0v) is 18.8. The van der Waals surface area contributed by atoms with Crippen LogP contribution in [0.3, 0.4) is 0 Å². The fourth-order valence-electron chi connectivity index (χ4n) is 3.03. The van der Waals surface area contributed by atoms with Gasteiger partial charge in [0.25, 0.3) is 0 Å². The van der Waals surface area contributed by atoms with Crippen molar-refractivity contribution >= 4 is 33.4 Å². The molecule has 3 rings (SSSR count). The summed E-state index contributed by atoms with van der Waals surface area (Å²) < 4.78 is 12.1. The molecule has 160 valence electrons. The first kappa shape index (κ1) is 22.4. The van der Waals surface area contributed by atoms with Gasteiger partial charge in [-0.2, -0.15) is 0 Å². The van der Waals surface area contributed by atoms with E-state index in [1.807, 2.05) is 48.5 Å². The minimum atomic E-state index is -0.418. The summed E-state index contributed by atoms with van der Waals surface area (Å²) in [5, 5.41) is 5.69. The van der Waals surface area contributed by atoms with Crippen molar-refractivity contribution in [1.29, 1.82) is 0 Å². The van der Waals surface area contributed by atoms with Gasteiger partial charge in [0.1, 0.15) is 5.75 Å². The Balaban J connectivity index is 1.63. The topological polar surface area (TPSA) is 76.7 Å². The standard InChI is InChI=1S/C24H23BrN2O4/c1-16(28)26-21(17-7-9-18(25)10-8-17)15-24(29)27-19-11-13-20(14-12-19)31-23-6-4-3-5-22(23)30-2/h3-14,21H,15H2,1-2H3,(H,26,28)(H,27,29). The molecule has 1 unspecified atom stereocenters. The van der Waals surface area contributed by atoms with Crippen LogP contribution in [-0.2, 0) is 9.59 Å². The van der Waals surface area contributed by atoms with E-state index in [2.05, 4.69) is 26.6 Å². The third kappa shape index (κ3) is 6.58. The van der Waals surface area contributed by atoms with Crippen LogP contribution in [0.4, 0.5) is 5.69 Å². The number of hydrogen-bond donors (Lipinski definition) is 2.